The van der Waals surface area contributed by atoms with Crippen molar-refractivity contribution in [2.45, 2.75) is 43.1 Å². The minimum atomic E-state index is -3.43. The van der Waals surface area contributed by atoms with Gasteiger partial charge in [0, 0.05) is 41.5 Å². The third-order valence-corrected chi connectivity index (χ3v) is 8.64. The Bertz CT molecular complexity index is 1700. The molecule has 9 heteroatoms. The van der Waals surface area contributed by atoms with Gasteiger partial charge in [0.2, 0.25) is 0 Å². The number of nitrogens with one attached hydrogen (secondary N) is 1. The Hall–Kier alpha value is -4.37. The number of sulfone groups is 1. The number of allylic oxidation sites excluding steroid dienone is 3. The van der Waals surface area contributed by atoms with E-state index in [1.807, 2.05) is 24.3 Å². The summed E-state index contributed by atoms with van der Waals surface area (Å²) >= 11 is 0. The van der Waals surface area contributed by atoms with E-state index >= 15 is 0 Å². The second-order valence-corrected chi connectivity index (χ2v) is 12.4. The number of ketones is 1. The maximum Gasteiger partial charge on any atom is 0.337 e. The number of phenols is 1. The van der Waals surface area contributed by atoms with Gasteiger partial charge in [-0.25, -0.2) is 13.2 Å². The number of methoxy groups -OCH3 is 1. The molecule has 2 atom stereocenters. The molecule has 0 saturated carbocycles. The van der Waals surface area contributed by atoms with Gasteiger partial charge in [-0.15, -0.1) is 0 Å². The molecule has 0 bridgehead atoms. The van der Waals surface area contributed by atoms with Crippen molar-refractivity contribution in [1.29, 1.82) is 0 Å². The van der Waals surface area contributed by atoms with Gasteiger partial charge in [-0.1, -0.05) is 42.5 Å². The van der Waals surface area contributed by atoms with Crippen molar-refractivity contribution >= 4 is 21.6 Å². The second-order valence-electron chi connectivity index (χ2n) is 10.3. The predicted molar refractivity (Wildman–Crippen MR) is 153 cm³/mol. The number of phenolic OH excluding ortho intramolecular Hbond substituents is 1. The Labute approximate surface area is 239 Å². The minimum Gasteiger partial charge on any atom is -0.508 e. The van der Waals surface area contributed by atoms with Gasteiger partial charge in [0.1, 0.15) is 18.1 Å². The molecule has 212 valence electrons. The average Bonchev–Trinajstić information content (AvgIpc) is 2.94. The molecular weight excluding hydrogens is 542 g/mol. The quantitative estimate of drug-likeness (QED) is 0.383. The number of Topliss-reactive ketones (excluding diaryl/α,β-unsaturated/α-hetero) is 1. The van der Waals surface area contributed by atoms with Gasteiger partial charge in [0.15, 0.2) is 15.6 Å². The van der Waals surface area contributed by atoms with Crippen molar-refractivity contribution in [2.75, 3.05) is 13.4 Å². The third-order valence-electron chi connectivity index (χ3n) is 7.53. The van der Waals surface area contributed by atoms with E-state index in [1.54, 1.807) is 44.4 Å². The molecule has 0 saturated heterocycles. The zero-order valence-electron chi connectivity index (χ0n) is 23.0. The lowest BCUT2D eigenvalue weighted by Crippen LogP contribution is -2.36. The molecule has 0 spiro atoms. The zero-order chi connectivity index (χ0) is 29.3. The number of aromatic hydroxyl groups is 1. The fourth-order valence-electron chi connectivity index (χ4n) is 5.66. The Kier molecular flexibility index (Phi) is 7.73. The Balaban J connectivity index is 1.50. The molecule has 0 radical (unpaired) electrons. The second kappa shape index (κ2) is 11.2. The summed E-state index contributed by atoms with van der Waals surface area (Å²) in [7, 11) is -1.82. The summed E-state index contributed by atoms with van der Waals surface area (Å²) in [5, 5.41) is 13.6. The fourth-order valence-corrected chi connectivity index (χ4v) is 6.35. The molecule has 5 rings (SSSR count). The number of ether oxygens (including phenoxy) is 2. The zero-order valence-corrected chi connectivity index (χ0v) is 23.8. The van der Waals surface area contributed by atoms with Crippen LogP contribution in [0.5, 0.6) is 11.5 Å². The van der Waals surface area contributed by atoms with Crippen molar-refractivity contribution in [1.82, 2.24) is 5.32 Å². The van der Waals surface area contributed by atoms with Crippen molar-refractivity contribution in [3.63, 3.8) is 0 Å². The molecule has 0 aromatic heterocycles. The molecule has 3 aromatic rings. The minimum absolute atomic E-state index is 0.0151. The van der Waals surface area contributed by atoms with E-state index < -0.39 is 21.7 Å². The van der Waals surface area contributed by atoms with Crippen LogP contribution in [0.15, 0.2) is 100 Å². The Morgan fingerprint density at radius 2 is 1.78 bits per heavy atom. The Morgan fingerprint density at radius 1 is 1.02 bits per heavy atom. The number of para-hydroxylation sites is 1. The van der Waals surface area contributed by atoms with Crippen molar-refractivity contribution in [3.8, 4) is 11.5 Å². The van der Waals surface area contributed by atoms with Gasteiger partial charge < -0.3 is 19.9 Å². The highest BCUT2D eigenvalue weighted by Gasteiger charge is 2.42. The molecule has 0 fully saturated rings. The van der Waals surface area contributed by atoms with E-state index in [9.17, 15) is 23.1 Å². The van der Waals surface area contributed by atoms with Crippen LogP contribution in [0.4, 0.5) is 0 Å². The van der Waals surface area contributed by atoms with Crippen LogP contribution >= 0.6 is 0 Å². The van der Waals surface area contributed by atoms with Crippen LogP contribution in [0.25, 0.3) is 0 Å². The highest BCUT2D eigenvalue weighted by molar-refractivity contribution is 7.90. The molecule has 1 aliphatic carbocycles. The molecular formula is C32H31NO7S. The molecule has 2 N–H and O–H groups in total. The van der Waals surface area contributed by atoms with E-state index in [-0.39, 0.29) is 40.9 Å². The summed E-state index contributed by atoms with van der Waals surface area (Å²) in [6.45, 7) is 1.61. The first-order chi connectivity index (χ1) is 19.6. The van der Waals surface area contributed by atoms with Crippen LogP contribution in [0.1, 0.15) is 48.3 Å². The molecule has 8 nitrogen and oxygen atoms in total. The Morgan fingerprint density at radius 3 is 2.51 bits per heavy atom. The van der Waals surface area contributed by atoms with Crippen LogP contribution in [0.2, 0.25) is 0 Å². The third kappa shape index (κ3) is 5.76. The van der Waals surface area contributed by atoms with Gasteiger partial charge in [-0.3, -0.25) is 4.79 Å². The molecule has 41 heavy (non-hydrogen) atoms. The summed E-state index contributed by atoms with van der Waals surface area (Å²) in [5.74, 6) is -0.883. The number of esters is 1. The topological polar surface area (TPSA) is 119 Å². The van der Waals surface area contributed by atoms with Crippen LogP contribution < -0.4 is 10.1 Å². The maximum atomic E-state index is 13.8. The van der Waals surface area contributed by atoms with Gasteiger partial charge >= 0.3 is 5.97 Å². The largest absolute Gasteiger partial charge is 0.508 e. The predicted octanol–water partition coefficient (Wildman–Crippen LogP) is 4.91. The first kappa shape index (κ1) is 28.2. The standard InChI is InChI=1S/C32H31NO7S/c1-19-29(32(36)40-18-20-8-6-11-24(14-20)41(3,37)38)30(21-9-7-10-23(34)15-21)31-26(33-19)16-22(17-27(31)35)25-12-4-5-13-28(25)39-2/h4-15,22,30,33-34H,16-18H2,1-3H3. The van der Waals surface area contributed by atoms with Crippen LogP contribution in [-0.2, 0) is 30.8 Å². The molecule has 3 aromatic carbocycles. The van der Waals surface area contributed by atoms with Crippen LogP contribution in [0.3, 0.4) is 0 Å². The number of carbonyl (C=O) groups excluding carboxylic acids is 2. The molecule has 1 heterocycles. The molecule has 2 unspecified atom stereocenters. The van der Waals surface area contributed by atoms with Gasteiger partial charge in [0.25, 0.3) is 0 Å². The highest BCUT2D eigenvalue weighted by Crippen LogP contribution is 2.47. The van der Waals surface area contributed by atoms with E-state index in [2.05, 4.69) is 5.32 Å². The number of carbonyl (C=O) groups is 2. The van der Waals surface area contributed by atoms with E-state index in [1.165, 1.54) is 18.2 Å². The lowest BCUT2D eigenvalue weighted by Gasteiger charge is -2.37. The van der Waals surface area contributed by atoms with Crippen molar-refractivity contribution in [3.05, 3.63) is 112 Å². The average molecular weight is 574 g/mol. The summed E-state index contributed by atoms with van der Waals surface area (Å²) in [6, 6.07) is 20.4. The number of rotatable bonds is 7. The highest BCUT2D eigenvalue weighted by atomic mass is 32.2. The van der Waals surface area contributed by atoms with Gasteiger partial charge in [-0.05, 0) is 60.4 Å². The summed E-state index contributed by atoms with van der Waals surface area (Å²) in [6.07, 6.45) is 1.88. The maximum absolute atomic E-state index is 13.8. The number of dihydropyridines is 1. The normalized spacial score (nSPS) is 19.0. The molecule has 1 aliphatic heterocycles. The van der Waals surface area contributed by atoms with E-state index in [0.717, 1.165) is 17.5 Å². The first-order valence-electron chi connectivity index (χ1n) is 13.2. The summed E-state index contributed by atoms with van der Waals surface area (Å²) < 4.78 is 35.2. The lowest BCUT2D eigenvalue weighted by molar-refractivity contribution is -0.140. The van der Waals surface area contributed by atoms with E-state index in [0.29, 0.717) is 34.6 Å². The number of hydrogen-bond acceptors (Lipinski definition) is 8. The summed E-state index contributed by atoms with van der Waals surface area (Å²) in [5.41, 5.74) is 4.05. The van der Waals surface area contributed by atoms with Gasteiger partial charge in [0.05, 0.1) is 17.6 Å². The van der Waals surface area contributed by atoms with Crippen LogP contribution in [-0.4, -0.2) is 38.6 Å². The molecule has 0 amide bonds. The first-order valence-corrected chi connectivity index (χ1v) is 15.1. The monoisotopic (exact) mass is 573 g/mol. The van der Waals surface area contributed by atoms with Crippen molar-refractivity contribution < 1.29 is 32.6 Å². The lowest BCUT2D eigenvalue weighted by atomic mass is 9.71. The molecule has 2 aliphatic rings. The van der Waals surface area contributed by atoms with Crippen LogP contribution in [0, 0.1) is 0 Å². The van der Waals surface area contributed by atoms with E-state index in [4.69, 9.17) is 9.47 Å². The fraction of sp³-hybridized carbons (Fsp3) is 0.250. The summed E-state index contributed by atoms with van der Waals surface area (Å²) in [4.78, 5) is 27.6. The van der Waals surface area contributed by atoms with Gasteiger partial charge in [-0.2, -0.15) is 0 Å². The SMILES string of the molecule is COc1ccccc1C1CC(=O)C2=C(C1)NC(C)=C(C(=O)OCc1cccc(S(C)(=O)=O)c1)C2c1cccc(O)c1. The number of hydrogen-bond donors (Lipinski definition) is 2. The van der Waals surface area contributed by atoms with Crippen molar-refractivity contribution in [2.24, 2.45) is 0 Å². The number of benzene rings is 3. The smallest absolute Gasteiger partial charge is 0.337 e.